The molecule has 0 fully saturated rings. The van der Waals surface area contributed by atoms with E-state index < -0.39 is 0 Å². The summed E-state index contributed by atoms with van der Waals surface area (Å²) in [4.78, 5) is 12.8. The van der Waals surface area contributed by atoms with Gasteiger partial charge in [-0.2, -0.15) is 0 Å². The number of rotatable bonds is 4. The van der Waals surface area contributed by atoms with E-state index in [1.807, 2.05) is 35.1 Å². The van der Waals surface area contributed by atoms with E-state index in [1.165, 1.54) is 0 Å². The van der Waals surface area contributed by atoms with E-state index in [2.05, 4.69) is 38.3 Å². The maximum absolute atomic E-state index is 4.39. The molecule has 0 spiro atoms. The van der Waals surface area contributed by atoms with Crippen LogP contribution in [0.2, 0.25) is 0 Å². The minimum atomic E-state index is 0.149. The van der Waals surface area contributed by atoms with E-state index in [4.69, 9.17) is 0 Å². The number of para-hydroxylation sites is 1. The highest BCUT2D eigenvalue weighted by molar-refractivity contribution is 5.92. The first kappa shape index (κ1) is 14.4. The molecule has 0 aliphatic heterocycles. The Morgan fingerprint density at radius 3 is 2.83 bits per heavy atom. The maximum Gasteiger partial charge on any atom is 0.113 e. The van der Waals surface area contributed by atoms with Gasteiger partial charge in [0.25, 0.3) is 0 Å². The Morgan fingerprint density at radius 2 is 1.96 bits per heavy atom. The van der Waals surface area contributed by atoms with Gasteiger partial charge in [0.05, 0.1) is 23.4 Å². The Balaban J connectivity index is 1.64. The predicted octanol–water partition coefficient (Wildman–Crippen LogP) is 3.09. The van der Waals surface area contributed by atoms with Gasteiger partial charge in [-0.05, 0) is 19.1 Å². The van der Waals surface area contributed by atoms with Crippen LogP contribution in [0.15, 0.2) is 61.3 Å². The van der Waals surface area contributed by atoms with Gasteiger partial charge in [-0.15, -0.1) is 5.10 Å². The quantitative estimate of drug-likeness (QED) is 0.578. The molecule has 0 saturated carbocycles. The van der Waals surface area contributed by atoms with Crippen LogP contribution < -0.4 is 0 Å². The van der Waals surface area contributed by atoms with Crippen molar-refractivity contribution in [3.63, 3.8) is 0 Å². The molecule has 4 aromatic rings. The lowest BCUT2D eigenvalue weighted by Crippen LogP contribution is -2.10. The summed E-state index contributed by atoms with van der Waals surface area (Å²) in [5.74, 6) is 0. The highest BCUT2D eigenvalue weighted by atomic mass is 15.4. The van der Waals surface area contributed by atoms with Crippen LogP contribution in [0, 0.1) is 0 Å². The Kier molecular flexibility index (Phi) is 3.70. The molecular formula is C18H16N6. The third-order valence-electron chi connectivity index (χ3n) is 4.01. The third kappa shape index (κ3) is 2.74. The average Bonchev–Trinajstić information content (AvgIpc) is 3.12. The number of hydrogen-bond donors (Lipinski definition) is 0. The minimum absolute atomic E-state index is 0.149. The van der Waals surface area contributed by atoms with Crippen LogP contribution in [0.3, 0.4) is 0 Å². The van der Waals surface area contributed by atoms with Gasteiger partial charge in [0.15, 0.2) is 0 Å². The van der Waals surface area contributed by atoms with E-state index in [-0.39, 0.29) is 6.04 Å². The average molecular weight is 316 g/mol. The third-order valence-corrected chi connectivity index (χ3v) is 4.01. The molecule has 0 bridgehead atoms. The smallest absolute Gasteiger partial charge is 0.113 e. The Bertz CT molecular complexity index is 958. The lowest BCUT2D eigenvalue weighted by molar-refractivity contribution is 0.469. The molecule has 24 heavy (non-hydrogen) atoms. The van der Waals surface area contributed by atoms with Gasteiger partial charge in [-0.25, -0.2) is 4.68 Å². The van der Waals surface area contributed by atoms with Crippen LogP contribution in [-0.2, 0) is 6.42 Å². The molecule has 1 aromatic carbocycles. The van der Waals surface area contributed by atoms with Gasteiger partial charge in [-0.1, -0.05) is 23.4 Å². The second kappa shape index (κ2) is 6.16. The lowest BCUT2D eigenvalue weighted by atomic mass is 10.1. The molecule has 4 rings (SSSR count). The number of hydrogen-bond acceptors (Lipinski definition) is 5. The highest BCUT2D eigenvalue weighted by Crippen LogP contribution is 2.26. The minimum Gasteiger partial charge on any atom is -0.261 e. The molecule has 0 saturated heterocycles. The van der Waals surface area contributed by atoms with Crippen molar-refractivity contribution in [1.82, 2.24) is 29.9 Å². The van der Waals surface area contributed by atoms with Gasteiger partial charge in [-0.3, -0.25) is 15.0 Å². The van der Waals surface area contributed by atoms with Crippen molar-refractivity contribution >= 4 is 10.9 Å². The summed E-state index contributed by atoms with van der Waals surface area (Å²) >= 11 is 0. The topological polar surface area (TPSA) is 69.4 Å². The van der Waals surface area contributed by atoms with E-state index in [1.54, 1.807) is 24.8 Å². The van der Waals surface area contributed by atoms with Crippen molar-refractivity contribution < 1.29 is 0 Å². The van der Waals surface area contributed by atoms with Gasteiger partial charge in [0.1, 0.15) is 5.69 Å². The number of nitrogens with zero attached hydrogens (tertiary/aromatic N) is 6. The molecule has 3 heterocycles. The zero-order valence-corrected chi connectivity index (χ0v) is 13.2. The molecule has 118 valence electrons. The van der Waals surface area contributed by atoms with E-state index in [0.29, 0.717) is 0 Å². The second-order valence-corrected chi connectivity index (χ2v) is 5.71. The fourth-order valence-corrected chi connectivity index (χ4v) is 2.77. The van der Waals surface area contributed by atoms with Crippen LogP contribution in [-0.4, -0.2) is 29.9 Å². The summed E-state index contributed by atoms with van der Waals surface area (Å²) < 4.78 is 1.87. The number of aromatic nitrogens is 6. The van der Waals surface area contributed by atoms with Crippen molar-refractivity contribution in [3.8, 4) is 11.3 Å². The van der Waals surface area contributed by atoms with Crippen molar-refractivity contribution in [1.29, 1.82) is 0 Å². The Hall–Kier alpha value is -3.15. The van der Waals surface area contributed by atoms with Gasteiger partial charge < -0.3 is 0 Å². The van der Waals surface area contributed by atoms with Crippen molar-refractivity contribution in [3.05, 3.63) is 67.0 Å². The van der Waals surface area contributed by atoms with Crippen LogP contribution in [0.1, 0.15) is 18.7 Å². The molecule has 0 amide bonds. The first-order chi connectivity index (χ1) is 11.8. The molecule has 0 aliphatic rings. The highest BCUT2D eigenvalue weighted by Gasteiger charge is 2.12. The first-order valence-electron chi connectivity index (χ1n) is 7.82. The Morgan fingerprint density at radius 1 is 1.04 bits per heavy atom. The molecular weight excluding hydrogens is 300 g/mol. The van der Waals surface area contributed by atoms with Gasteiger partial charge >= 0.3 is 0 Å². The fourth-order valence-electron chi connectivity index (χ4n) is 2.77. The normalized spacial score (nSPS) is 12.4. The van der Waals surface area contributed by atoms with Crippen molar-refractivity contribution in [2.45, 2.75) is 19.4 Å². The van der Waals surface area contributed by atoms with Crippen LogP contribution >= 0.6 is 0 Å². The summed E-state index contributed by atoms with van der Waals surface area (Å²) in [5.41, 5.74) is 3.78. The summed E-state index contributed by atoms with van der Waals surface area (Å²) in [6.45, 7) is 2.10. The fraction of sp³-hybridized carbons (Fsp3) is 0.167. The second-order valence-electron chi connectivity index (χ2n) is 5.71. The standard InChI is InChI=1S/C18H16N6/c1-13(10-14-11-19-8-9-20-14)24-12-18(22-23-24)16-6-7-21-17-5-3-2-4-15(16)17/h2-9,11-13H,10H2,1H3/t13-/m1/s1. The molecule has 6 heteroatoms. The predicted molar refractivity (Wildman–Crippen MR) is 91.2 cm³/mol. The van der Waals surface area contributed by atoms with Gasteiger partial charge in [0, 0.05) is 42.2 Å². The molecule has 6 nitrogen and oxygen atoms in total. The lowest BCUT2D eigenvalue weighted by Gasteiger charge is -2.09. The molecule has 1 atom stereocenters. The molecule has 0 unspecified atom stereocenters. The van der Waals surface area contributed by atoms with Crippen molar-refractivity contribution in [2.24, 2.45) is 0 Å². The zero-order chi connectivity index (χ0) is 16.4. The summed E-state index contributed by atoms with van der Waals surface area (Å²) in [7, 11) is 0. The van der Waals surface area contributed by atoms with Crippen LogP contribution in [0.25, 0.3) is 22.2 Å². The maximum atomic E-state index is 4.39. The first-order valence-corrected chi connectivity index (χ1v) is 7.82. The Labute approximate surface area is 139 Å². The van der Waals surface area contributed by atoms with E-state index in [9.17, 15) is 0 Å². The van der Waals surface area contributed by atoms with Crippen molar-refractivity contribution in [2.75, 3.05) is 0 Å². The van der Waals surface area contributed by atoms with E-state index >= 15 is 0 Å². The van der Waals surface area contributed by atoms with Crippen LogP contribution in [0.4, 0.5) is 0 Å². The molecule has 3 aromatic heterocycles. The summed E-state index contributed by atoms with van der Waals surface area (Å²) in [6, 6.07) is 10.2. The van der Waals surface area contributed by atoms with Gasteiger partial charge in [0.2, 0.25) is 0 Å². The van der Waals surface area contributed by atoms with Crippen LogP contribution in [0.5, 0.6) is 0 Å². The molecule has 0 radical (unpaired) electrons. The molecule has 0 N–H and O–H groups in total. The largest absolute Gasteiger partial charge is 0.261 e. The summed E-state index contributed by atoms with van der Waals surface area (Å²) in [5, 5.41) is 9.72. The monoisotopic (exact) mass is 316 g/mol. The number of fused-ring (bicyclic) bond motifs is 1. The number of benzene rings is 1. The number of pyridine rings is 1. The van der Waals surface area contributed by atoms with E-state index in [0.717, 1.165) is 34.3 Å². The summed E-state index contributed by atoms with van der Waals surface area (Å²) in [6.07, 6.45) is 9.70. The zero-order valence-electron chi connectivity index (χ0n) is 13.2. The SMILES string of the molecule is C[C@H](Cc1cnccn1)n1cc(-c2ccnc3ccccc23)nn1. The molecule has 0 aliphatic carbocycles.